The van der Waals surface area contributed by atoms with Gasteiger partial charge in [-0.05, 0) is 42.8 Å². The molecule has 176 valence electrons. The molecular weight excluding hydrogens is 418 g/mol. The van der Waals surface area contributed by atoms with Gasteiger partial charge in [-0.2, -0.15) is 0 Å². The third-order valence-corrected chi connectivity index (χ3v) is 6.58. The molecule has 2 amide bonds. The lowest BCUT2D eigenvalue weighted by Crippen LogP contribution is -2.49. The summed E-state index contributed by atoms with van der Waals surface area (Å²) in [4.78, 5) is 32.1. The first-order valence-corrected chi connectivity index (χ1v) is 11.4. The summed E-state index contributed by atoms with van der Waals surface area (Å²) in [5.74, 6) is -0.709. The number of methoxy groups -OCH3 is 1. The molecule has 0 bridgehead atoms. The van der Waals surface area contributed by atoms with E-state index in [9.17, 15) is 9.59 Å². The van der Waals surface area contributed by atoms with Gasteiger partial charge >= 0.3 is 11.8 Å². The first kappa shape index (κ1) is 23.1. The number of anilines is 2. The second-order valence-corrected chi connectivity index (χ2v) is 8.81. The zero-order valence-corrected chi connectivity index (χ0v) is 19.6. The molecule has 0 saturated carbocycles. The summed E-state index contributed by atoms with van der Waals surface area (Å²) in [5, 5.41) is 5.51. The maximum absolute atomic E-state index is 12.6. The first-order chi connectivity index (χ1) is 15.9. The Morgan fingerprint density at radius 1 is 1.00 bits per heavy atom. The molecule has 2 N–H and O–H groups in total. The van der Waals surface area contributed by atoms with Crippen LogP contribution in [0.15, 0.2) is 42.5 Å². The highest BCUT2D eigenvalue weighted by atomic mass is 16.5. The third-order valence-electron chi connectivity index (χ3n) is 6.58. The average molecular weight is 452 g/mol. The molecular formula is C25H33N5O3. The lowest BCUT2D eigenvalue weighted by Gasteiger charge is -2.38. The van der Waals surface area contributed by atoms with Crippen LogP contribution in [-0.4, -0.2) is 82.1 Å². The predicted molar refractivity (Wildman–Crippen MR) is 130 cm³/mol. The second-order valence-electron chi connectivity index (χ2n) is 8.81. The number of carbonyl (C=O) groups excluding carboxylic acids is 2. The maximum Gasteiger partial charge on any atom is 0.313 e. The van der Waals surface area contributed by atoms with Crippen LogP contribution in [0.1, 0.15) is 17.2 Å². The van der Waals surface area contributed by atoms with E-state index >= 15 is 0 Å². The number of likely N-dealkylation sites (N-methyl/N-ethyl adjacent to an activating group) is 2. The van der Waals surface area contributed by atoms with Crippen molar-refractivity contribution in [3.05, 3.63) is 53.6 Å². The van der Waals surface area contributed by atoms with E-state index in [1.807, 2.05) is 0 Å². The molecule has 1 saturated heterocycles. The highest BCUT2D eigenvalue weighted by Gasteiger charge is 2.27. The first-order valence-electron chi connectivity index (χ1n) is 11.4. The molecule has 2 aliphatic rings. The number of rotatable bonds is 6. The van der Waals surface area contributed by atoms with Crippen LogP contribution in [0.2, 0.25) is 0 Å². The molecule has 1 atom stereocenters. The van der Waals surface area contributed by atoms with Crippen molar-refractivity contribution in [1.82, 2.24) is 15.1 Å². The molecule has 0 radical (unpaired) electrons. The number of nitrogens with zero attached hydrogens (tertiary/aromatic N) is 3. The Morgan fingerprint density at radius 2 is 1.79 bits per heavy atom. The number of ether oxygens (including phenoxy) is 1. The van der Waals surface area contributed by atoms with Gasteiger partial charge in [0.1, 0.15) is 5.75 Å². The lowest BCUT2D eigenvalue weighted by molar-refractivity contribution is -0.136. The van der Waals surface area contributed by atoms with Gasteiger partial charge in [0.25, 0.3) is 0 Å². The normalized spacial score (nSPS) is 17.4. The van der Waals surface area contributed by atoms with E-state index in [2.05, 4.69) is 57.6 Å². The van der Waals surface area contributed by atoms with Crippen molar-refractivity contribution < 1.29 is 14.3 Å². The van der Waals surface area contributed by atoms with Crippen molar-refractivity contribution in [3.8, 4) is 5.75 Å². The van der Waals surface area contributed by atoms with E-state index in [1.165, 1.54) is 16.8 Å². The average Bonchev–Trinajstić information content (AvgIpc) is 3.20. The van der Waals surface area contributed by atoms with Crippen LogP contribution in [-0.2, 0) is 16.0 Å². The topological polar surface area (TPSA) is 77.1 Å². The Hall–Kier alpha value is -3.10. The molecule has 8 nitrogen and oxygen atoms in total. The zero-order chi connectivity index (χ0) is 23.4. The molecule has 2 aromatic rings. The third kappa shape index (κ3) is 5.46. The highest BCUT2D eigenvalue weighted by Crippen LogP contribution is 2.31. The molecule has 0 spiro atoms. The molecule has 0 aromatic heterocycles. The summed E-state index contributed by atoms with van der Waals surface area (Å²) in [7, 11) is 5.80. The summed E-state index contributed by atoms with van der Waals surface area (Å²) < 4.78 is 5.17. The molecule has 2 heterocycles. The second kappa shape index (κ2) is 10.2. The van der Waals surface area contributed by atoms with Crippen LogP contribution in [0.4, 0.5) is 11.4 Å². The number of piperazine rings is 1. The SMILES string of the molecule is COc1cccc(NC(=O)C(=O)NC[C@@H](c2ccc3c(c2)CCN3C)N2CCN(C)CC2)c1. The summed E-state index contributed by atoms with van der Waals surface area (Å²) in [6, 6.07) is 13.6. The smallest absolute Gasteiger partial charge is 0.313 e. The molecule has 0 unspecified atom stereocenters. The monoisotopic (exact) mass is 451 g/mol. The molecule has 0 aliphatic carbocycles. The molecule has 2 aromatic carbocycles. The minimum absolute atomic E-state index is 0.0171. The Balaban J connectivity index is 1.45. The Morgan fingerprint density at radius 3 is 2.55 bits per heavy atom. The molecule has 2 aliphatic heterocycles. The van der Waals surface area contributed by atoms with Crippen LogP contribution >= 0.6 is 0 Å². The van der Waals surface area contributed by atoms with Crippen molar-refractivity contribution in [2.45, 2.75) is 12.5 Å². The van der Waals surface area contributed by atoms with E-state index < -0.39 is 11.8 Å². The number of amides is 2. The van der Waals surface area contributed by atoms with Gasteiger partial charge in [0.15, 0.2) is 0 Å². The van der Waals surface area contributed by atoms with Gasteiger partial charge in [-0.3, -0.25) is 14.5 Å². The van der Waals surface area contributed by atoms with Gasteiger partial charge in [-0.15, -0.1) is 0 Å². The van der Waals surface area contributed by atoms with Crippen molar-refractivity contribution in [2.24, 2.45) is 0 Å². The maximum atomic E-state index is 12.6. The van der Waals surface area contributed by atoms with Gasteiger partial charge in [0.05, 0.1) is 13.2 Å². The summed E-state index contributed by atoms with van der Waals surface area (Å²) in [5.41, 5.74) is 4.32. The fourth-order valence-corrected chi connectivity index (χ4v) is 4.54. The molecule has 8 heteroatoms. The van der Waals surface area contributed by atoms with Crippen LogP contribution in [0.5, 0.6) is 5.75 Å². The number of nitrogens with one attached hydrogen (secondary N) is 2. The number of hydrogen-bond acceptors (Lipinski definition) is 6. The molecule has 33 heavy (non-hydrogen) atoms. The minimum Gasteiger partial charge on any atom is -0.497 e. The number of hydrogen-bond donors (Lipinski definition) is 2. The lowest BCUT2D eigenvalue weighted by atomic mass is 10.00. The molecule has 4 rings (SSSR count). The van der Waals surface area contributed by atoms with Gasteiger partial charge in [-0.25, -0.2) is 0 Å². The number of fused-ring (bicyclic) bond motifs is 1. The Labute approximate surface area is 195 Å². The van der Waals surface area contributed by atoms with Crippen LogP contribution in [0.25, 0.3) is 0 Å². The van der Waals surface area contributed by atoms with Gasteiger partial charge in [0.2, 0.25) is 0 Å². The van der Waals surface area contributed by atoms with E-state index in [0.29, 0.717) is 18.0 Å². The Kier molecular flexibility index (Phi) is 7.15. The summed E-state index contributed by atoms with van der Waals surface area (Å²) in [6.45, 7) is 5.21. The molecule has 1 fully saturated rings. The number of carbonyl (C=O) groups is 2. The van der Waals surface area contributed by atoms with Crippen LogP contribution in [0, 0.1) is 0 Å². The predicted octanol–water partition coefficient (Wildman–Crippen LogP) is 1.73. The van der Waals surface area contributed by atoms with Crippen LogP contribution in [0.3, 0.4) is 0 Å². The highest BCUT2D eigenvalue weighted by molar-refractivity contribution is 6.39. The van der Waals surface area contributed by atoms with Crippen molar-refractivity contribution in [1.29, 1.82) is 0 Å². The quantitative estimate of drug-likeness (QED) is 0.652. The zero-order valence-electron chi connectivity index (χ0n) is 19.6. The van der Waals surface area contributed by atoms with E-state index in [4.69, 9.17) is 4.74 Å². The standard InChI is InChI=1S/C25H33N5O3/c1-28-11-13-30(14-12-28)23(18-7-8-22-19(15-18)9-10-29(22)2)17-26-24(31)25(32)27-20-5-4-6-21(16-20)33-3/h4-8,15-16,23H,9-14,17H2,1-3H3,(H,26,31)(H,27,32)/t23-/m0/s1. The van der Waals surface area contributed by atoms with Crippen molar-refractivity contribution in [2.75, 3.05) is 70.7 Å². The van der Waals surface area contributed by atoms with Gasteiger partial charge in [0, 0.05) is 63.8 Å². The van der Waals surface area contributed by atoms with Crippen LogP contribution < -0.4 is 20.3 Å². The van der Waals surface area contributed by atoms with Gasteiger partial charge < -0.3 is 25.2 Å². The largest absolute Gasteiger partial charge is 0.497 e. The summed E-state index contributed by atoms with van der Waals surface area (Å²) in [6.07, 6.45) is 1.03. The number of benzene rings is 2. The summed E-state index contributed by atoms with van der Waals surface area (Å²) >= 11 is 0. The van der Waals surface area contributed by atoms with Crippen molar-refractivity contribution in [3.63, 3.8) is 0 Å². The fraction of sp³-hybridized carbons (Fsp3) is 0.440. The van der Waals surface area contributed by atoms with E-state index in [1.54, 1.807) is 31.4 Å². The minimum atomic E-state index is -0.684. The van der Waals surface area contributed by atoms with E-state index in [0.717, 1.165) is 39.1 Å². The van der Waals surface area contributed by atoms with Crippen molar-refractivity contribution >= 4 is 23.2 Å². The van der Waals surface area contributed by atoms with E-state index in [-0.39, 0.29) is 6.04 Å². The van der Waals surface area contributed by atoms with Gasteiger partial charge in [-0.1, -0.05) is 18.2 Å². The Bertz CT molecular complexity index is 1000. The fourth-order valence-electron chi connectivity index (χ4n) is 4.54.